The Kier molecular flexibility index (Phi) is 6.40. The molecule has 1 aliphatic heterocycles. The average molecular weight is 424 g/mol. The van der Waals surface area contributed by atoms with E-state index in [1.54, 1.807) is 0 Å². The molecule has 6 heteroatoms. The van der Waals surface area contributed by atoms with Gasteiger partial charge >= 0.3 is 0 Å². The van der Waals surface area contributed by atoms with Gasteiger partial charge in [-0.1, -0.05) is 0 Å². The van der Waals surface area contributed by atoms with Crippen LogP contribution >= 0.6 is 12.2 Å². The smallest absolute Gasteiger partial charge is 0.111 e. The zero-order valence-corrected chi connectivity index (χ0v) is 19.7. The minimum absolute atomic E-state index is 0.0420. The number of nitrogens with two attached hydrogens (primary N) is 2. The van der Waals surface area contributed by atoms with Crippen LogP contribution in [0.4, 0.5) is 0 Å². The largest absolute Gasteiger partial charge is 0.474 e. The molecule has 166 valence electrons. The van der Waals surface area contributed by atoms with Crippen LogP contribution < -0.4 is 10.6 Å². The van der Waals surface area contributed by atoms with Crippen molar-refractivity contribution in [2.45, 2.75) is 108 Å². The number of nitrogens with zero attached hydrogens (tertiary/aromatic N) is 1. The van der Waals surface area contributed by atoms with Gasteiger partial charge in [-0.2, -0.15) is 14.1 Å². The molecular weight excluding hydrogens is 382 g/mol. The maximum atomic E-state index is 11.2. The molecule has 5 N–H and O–H groups in total. The third kappa shape index (κ3) is 3.97. The topological polar surface area (TPSA) is 75.0 Å². The third-order valence-corrected chi connectivity index (χ3v) is 8.90. The number of aliphatic imine (C=N–C) groups is 1. The zero-order valence-electron chi connectivity index (χ0n) is 18.9. The Morgan fingerprint density at radius 2 is 1.76 bits per heavy atom. The van der Waals surface area contributed by atoms with E-state index in [9.17, 15) is 5.11 Å². The van der Waals surface area contributed by atoms with Gasteiger partial charge in [-0.15, -0.1) is 0 Å². The maximum absolute atomic E-state index is 11.2. The molecule has 1 heterocycles. The van der Waals surface area contributed by atoms with Crippen LogP contribution in [0.3, 0.4) is 0 Å². The molecule has 3 aliphatic rings. The van der Waals surface area contributed by atoms with Crippen LogP contribution in [0.5, 0.6) is 0 Å². The first-order valence-corrected chi connectivity index (χ1v) is 11.6. The fraction of sp³-hybridized carbons (Fsp3) is 0.870. The van der Waals surface area contributed by atoms with Crippen molar-refractivity contribution in [1.82, 2.24) is 0 Å². The number of hydrogen-bond acceptors (Lipinski definition) is 4. The molecular formula is C23H41N3O2S. The Morgan fingerprint density at radius 3 is 2.34 bits per heavy atom. The SMILES string of the molecule is [CH2-][NH2+][C@@H]1[C@@H]2[C@@H]([C@@]3(C)CC[C@@H](C(C)(C)N=C=S)O3)CC[C@](C)([NH2+][CH2-])[C@H]2CC[C@@]1(C)O. The van der Waals surface area contributed by atoms with Crippen molar-refractivity contribution in [3.05, 3.63) is 14.1 Å². The summed E-state index contributed by atoms with van der Waals surface area (Å²) in [6, 6.07) is 0.0670. The molecule has 8 atom stereocenters. The lowest BCUT2D eigenvalue weighted by Crippen LogP contribution is -2.98. The van der Waals surface area contributed by atoms with Crippen LogP contribution in [0, 0.1) is 31.8 Å². The zero-order chi connectivity index (χ0) is 21.7. The van der Waals surface area contributed by atoms with Crippen molar-refractivity contribution in [3.63, 3.8) is 0 Å². The van der Waals surface area contributed by atoms with Gasteiger partial charge in [0.1, 0.15) is 5.60 Å². The quantitative estimate of drug-likeness (QED) is 0.359. The van der Waals surface area contributed by atoms with Crippen LogP contribution in [0.2, 0.25) is 0 Å². The van der Waals surface area contributed by atoms with Crippen molar-refractivity contribution >= 4 is 17.4 Å². The van der Waals surface area contributed by atoms with Gasteiger partial charge in [0.15, 0.2) is 0 Å². The van der Waals surface area contributed by atoms with Gasteiger partial charge in [-0.3, -0.25) is 0 Å². The van der Waals surface area contributed by atoms with Gasteiger partial charge in [0.2, 0.25) is 0 Å². The van der Waals surface area contributed by atoms with Gasteiger partial charge in [-0.05, 0) is 84.9 Å². The molecule has 5 nitrogen and oxygen atoms in total. The lowest BCUT2D eigenvalue weighted by atomic mass is 9.51. The summed E-state index contributed by atoms with van der Waals surface area (Å²) in [4.78, 5) is 4.39. The first-order valence-electron chi connectivity index (χ1n) is 11.2. The molecule has 2 saturated carbocycles. The molecule has 0 aromatic rings. The number of fused-ring (bicyclic) bond motifs is 1. The van der Waals surface area contributed by atoms with E-state index in [0.717, 1.165) is 38.5 Å². The van der Waals surface area contributed by atoms with Gasteiger partial charge in [0.25, 0.3) is 0 Å². The average Bonchev–Trinajstić information content (AvgIpc) is 3.05. The first-order chi connectivity index (χ1) is 13.4. The Morgan fingerprint density at radius 1 is 1.10 bits per heavy atom. The van der Waals surface area contributed by atoms with Gasteiger partial charge in [-0.25, -0.2) is 4.99 Å². The summed E-state index contributed by atoms with van der Waals surface area (Å²) in [5.74, 6) is 1.22. The van der Waals surface area contributed by atoms with Crippen molar-refractivity contribution in [1.29, 1.82) is 0 Å². The molecule has 0 aromatic heterocycles. The van der Waals surface area contributed by atoms with E-state index in [1.165, 1.54) is 0 Å². The molecule has 0 radical (unpaired) electrons. The molecule has 3 rings (SSSR count). The predicted molar refractivity (Wildman–Crippen MR) is 118 cm³/mol. The summed E-state index contributed by atoms with van der Waals surface area (Å²) in [5, 5.41) is 18.0. The van der Waals surface area contributed by atoms with Crippen LogP contribution in [-0.2, 0) is 4.74 Å². The Bertz CT molecular complexity index is 663. The number of thiocarbonyl (C=S) groups is 1. The molecule has 2 aliphatic carbocycles. The molecule has 0 spiro atoms. The summed E-state index contributed by atoms with van der Waals surface area (Å²) in [6.07, 6.45) is 6.09. The van der Waals surface area contributed by atoms with Gasteiger partial charge in [0.05, 0.1) is 34.0 Å². The standard InChI is InChI=1S/C23H41N3O2S/c1-20(2,26-14-29)17-10-13-23(5,28-17)16-8-11-21(3,25-7)15-9-12-22(4,27)19(24-6)18(15)16/h15-19,27H,6-13,24-25H2,1-5H3/t15-,16-,17-,18-,19+,21-,22+,23+/m0/s1. The molecule has 0 unspecified atom stereocenters. The van der Waals surface area contributed by atoms with E-state index in [1.807, 2.05) is 12.2 Å². The van der Waals surface area contributed by atoms with Crippen LogP contribution in [-0.4, -0.2) is 44.7 Å². The highest BCUT2D eigenvalue weighted by molar-refractivity contribution is 7.78. The summed E-state index contributed by atoms with van der Waals surface area (Å²) < 4.78 is 6.80. The number of isothiocyanates is 1. The minimum atomic E-state index is -0.712. The van der Waals surface area contributed by atoms with Crippen LogP contribution in [0.15, 0.2) is 4.99 Å². The van der Waals surface area contributed by atoms with E-state index in [4.69, 9.17) is 17.0 Å². The summed E-state index contributed by atoms with van der Waals surface area (Å²) in [6.45, 7) is 10.8. The van der Waals surface area contributed by atoms with E-state index in [0.29, 0.717) is 17.8 Å². The number of hydrogen-bond donors (Lipinski definition) is 3. The first kappa shape index (κ1) is 23.3. The second-order valence-corrected chi connectivity index (χ2v) is 11.2. The van der Waals surface area contributed by atoms with Crippen LogP contribution in [0.25, 0.3) is 0 Å². The Hall–Kier alpha value is -0.360. The highest BCUT2D eigenvalue weighted by atomic mass is 32.1. The lowest BCUT2D eigenvalue weighted by molar-refractivity contribution is -0.703. The summed E-state index contributed by atoms with van der Waals surface area (Å²) >= 11 is 4.87. The second kappa shape index (κ2) is 7.96. The molecule has 29 heavy (non-hydrogen) atoms. The number of rotatable bonds is 5. The van der Waals surface area contributed by atoms with E-state index in [-0.39, 0.29) is 28.8 Å². The van der Waals surface area contributed by atoms with Crippen molar-refractivity contribution in [2.24, 2.45) is 22.7 Å². The van der Waals surface area contributed by atoms with E-state index in [2.05, 4.69) is 57.3 Å². The fourth-order valence-corrected chi connectivity index (χ4v) is 7.05. The number of ether oxygens (including phenoxy) is 1. The second-order valence-electron chi connectivity index (χ2n) is 11.0. The number of aliphatic hydroxyl groups is 1. The fourth-order valence-electron chi connectivity index (χ4n) is 6.81. The van der Waals surface area contributed by atoms with Crippen LogP contribution in [0.1, 0.15) is 73.1 Å². The van der Waals surface area contributed by atoms with Crippen molar-refractivity contribution in [3.8, 4) is 0 Å². The highest BCUT2D eigenvalue weighted by Crippen LogP contribution is 2.55. The van der Waals surface area contributed by atoms with E-state index >= 15 is 0 Å². The van der Waals surface area contributed by atoms with E-state index < -0.39 is 5.60 Å². The molecule has 0 aromatic carbocycles. The monoisotopic (exact) mass is 423 g/mol. The lowest BCUT2D eigenvalue weighted by Gasteiger charge is -2.59. The minimum Gasteiger partial charge on any atom is -0.474 e. The Balaban J connectivity index is 1.95. The predicted octanol–water partition coefficient (Wildman–Crippen LogP) is 1.83. The normalized spacial score (nSPS) is 48.1. The molecule has 0 amide bonds. The third-order valence-electron chi connectivity index (χ3n) is 8.81. The molecule has 0 bridgehead atoms. The highest BCUT2D eigenvalue weighted by Gasteiger charge is 2.62. The molecule has 1 saturated heterocycles. The number of quaternary nitrogens is 2. The van der Waals surface area contributed by atoms with Crippen molar-refractivity contribution < 1.29 is 20.5 Å². The molecule has 3 fully saturated rings. The van der Waals surface area contributed by atoms with Crippen molar-refractivity contribution in [2.75, 3.05) is 0 Å². The van der Waals surface area contributed by atoms with Gasteiger partial charge < -0.3 is 20.5 Å². The van der Waals surface area contributed by atoms with Gasteiger partial charge in [0, 0.05) is 18.3 Å². The summed E-state index contributed by atoms with van der Waals surface area (Å²) in [7, 11) is 8.34. The Labute approximate surface area is 182 Å². The maximum Gasteiger partial charge on any atom is 0.111 e. The summed E-state index contributed by atoms with van der Waals surface area (Å²) in [5.41, 5.74) is -1.19.